The smallest absolute Gasteiger partial charge is 0.228 e. The maximum absolute atomic E-state index is 13.9. The van der Waals surface area contributed by atoms with E-state index in [1.54, 1.807) is 12.3 Å². The number of carbonyl (C=O) groups excluding carboxylic acids is 1. The Morgan fingerprint density at radius 2 is 2.00 bits per heavy atom. The molecule has 0 bridgehead atoms. The van der Waals surface area contributed by atoms with Crippen LogP contribution in [0.4, 0.5) is 14.5 Å². The highest BCUT2D eigenvalue weighted by Crippen LogP contribution is 2.49. The van der Waals surface area contributed by atoms with Crippen molar-refractivity contribution in [3.63, 3.8) is 0 Å². The van der Waals surface area contributed by atoms with Gasteiger partial charge in [-0.15, -0.1) is 0 Å². The summed E-state index contributed by atoms with van der Waals surface area (Å²) in [6.07, 6.45) is 2.23. The van der Waals surface area contributed by atoms with E-state index in [2.05, 4.69) is 15.3 Å². The number of nitrogens with one attached hydrogen (secondary N) is 2. The Labute approximate surface area is 149 Å². The zero-order chi connectivity index (χ0) is 18.3. The van der Waals surface area contributed by atoms with Crippen LogP contribution in [0.2, 0.25) is 0 Å². The fraction of sp³-hybridized carbons (Fsp3) is 0.200. The number of rotatable bonds is 4. The molecule has 1 saturated carbocycles. The summed E-state index contributed by atoms with van der Waals surface area (Å²) in [5.74, 6) is -1.93. The highest BCUT2D eigenvalue weighted by atomic mass is 19.2. The first-order valence-electron chi connectivity index (χ1n) is 8.40. The molecule has 1 amide bonds. The summed E-state index contributed by atoms with van der Waals surface area (Å²) < 4.78 is 27.3. The molecule has 0 saturated heterocycles. The van der Waals surface area contributed by atoms with E-state index in [1.807, 2.05) is 25.1 Å². The number of aromatic amines is 1. The second kappa shape index (κ2) is 6.37. The van der Waals surface area contributed by atoms with Crippen molar-refractivity contribution in [2.24, 2.45) is 5.92 Å². The average molecular weight is 353 g/mol. The minimum absolute atomic E-state index is 0.200. The first-order chi connectivity index (χ1) is 12.5. The first kappa shape index (κ1) is 16.4. The number of benzene rings is 2. The van der Waals surface area contributed by atoms with Crippen LogP contribution in [0.25, 0.3) is 11.4 Å². The van der Waals surface area contributed by atoms with E-state index in [1.165, 1.54) is 12.1 Å². The third kappa shape index (κ3) is 2.98. The summed E-state index contributed by atoms with van der Waals surface area (Å²) in [4.78, 5) is 20.0. The van der Waals surface area contributed by atoms with Crippen LogP contribution in [-0.2, 0) is 4.79 Å². The number of para-hydroxylation sites is 1. The summed E-state index contributed by atoms with van der Waals surface area (Å²) >= 11 is 0. The lowest BCUT2D eigenvalue weighted by Crippen LogP contribution is -2.15. The van der Waals surface area contributed by atoms with Crippen LogP contribution < -0.4 is 5.32 Å². The van der Waals surface area contributed by atoms with Crippen molar-refractivity contribution >= 4 is 11.6 Å². The van der Waals surface area contributed by atoms with Gasteiger partial charge in [-0.25, -0.2) is 13.8 Å². The van der Waals surface area contributed by atoms with Gasteiger partial charge >= 0.3 is 0 Å². The zero-order valence-corrected chi connectivity index (χ0v) is 14.1. The molecule has 0 spiro atoms. The van der Waals surface area contributed by atoms with Crippen molar-refractivity contribution in [1.82, 2.24) is 9.97 Å². The number of imidazole rings is 1. The second-order valence-electron chi connectivity index (χ2n) is 6.54. The highest BCUT2D eigenvalue weighted by Gasteiger charge is 2.45. The van der Waals surface area contributed by atoms with Gasteiger partial charge in [0.15, 0.2) is 11.6 Å². The van der Waals surface area contributed by atoms with Crippen molar-refractivity contribution < 1.29 is 13.6 Å². The molecule has 2 N–H and O–H groups in total. The van der Waals surface area contributed by atoms with E-state index in [0.29, 0.717) is 17.9 Å². The molecule has 0 radical (unpaired) electrons. The SMILES string of the molecule is Cc1cnc(-c2ccccc2NC(=O)[C@H]2C[C@@H]2c2cccc(F)c2F)[nH]1. The lowest BCUT2D eigenvalue weighted by molar-refractivity contribution is -0.117. The normalized spacial score (nSPS) is 18.6. The number of carbonyl (C=O) groups is 1. The van der Waals surface area contributed by atoms with Crippen molar-refractivity contribution in [3.05, 3.63) is 71.6 Å². The minimum Gasteiger partial charge on any atom is -0.342 e. The molecule has 4 rings (SSSR count). The molecule has 1 aliphatic carbocycles. The van der Waals surface area contributed by atoms with Gasteiger partial charge in [-0.2, -0.15) is 0 Å². The summed E-state index contributed by atoms with van der Waals surface area (Å²) in [5.41, 5.74) is 2.60. The van der Waals surface area contributed by atoms with E-state index in [0.717, 1.165) is 17.3 Å². The standard InChI is InChI=1S/C20H17F2N3O/c1-11-10-23-19(24-11)13-5-2-3-8-17(13)25-20(26)15-9-14(15)12-6-4-7-16(21)18(12)22/h2-8,10,14-15H,9H2,1H3,(H,23,24)(H,25,26)/t14-,15+/m1/s1. The summed E-state index contributed by atoms with van der Waals surface area (Å²) in [6, 6.07) is 11.4. The van der Waals surface area contributed by atoms with Crippen molar-refractivity contribution in [1.29, 1.82) is 0 Å². The van der Waals surface area contributed by atoms with Crippen LogP contribution in [0.15, 0.2) is 48.7 Å². The number of hydrogen-bond acceptors (Lipinski definition) is 2. The van der Waals surface area contributed by atoms with E-state index < -0.39 is 11.6 Å². The molecule has 0 aliphatic heterocycles. The van der Waals surface area contributed by atoms with Crippen LogP contribution in [0.5, 0.6) is 0 Å². The van der Waals surface area contributed by atoms with E-state index >= 15 is 0 Å². The predicted molar refractivity (Wildman–Crippen MR) is 94.6 cm³/mol. The summed E-state index contributed by atoms with van der Waals surface area (Å²) in [5, 5.41) is 2.90. The number of nitrogens with zero attached hydrogens (tertiary/aromatic N) is 1. The van der Waals surface area contributed by atoms with E-state index in [-0.39, 0.29) is 23.3 Å². The van der Waals surface area contributed by atoms with E-state index in [4.69, 9.17) is 0 Å². The van der Waals surface area contributed by atoms with Gasteiger partial charge in [-0.05, 0) is 43.0 Å². The Balaban J connectivity index is 1.53. The van der Waals surface area contributed by atoms with Gasteiger partial charge in [-0.1, -0.05) is 24.3 Å². The maximum Gasteiger partial charge on any atom is 0.228 e. The molecule has 26 heavy (non-hydrogen) atoms. The van der Waals surface area contributed by atoms with Crippen LogP contribution in [0, 0.1) is 24.5 Å². The lowest BCUT2D eigenvalue weighted by Gasteiger charge is -2.10. The van der Waals surface area contributed by atoms with Crippen molar-refractivity contribution in [2.45, 2.75) is 19.3 Å². The van der Waals surface area contributed by atoms with Gasteiger partial charge in [-0.3, -0.25) is 4.79 Å². The number of aromatic nitrogens is 2. The molecule has 0 unspecified atom stereocenters. The largest absolute Gasteiger partial charge is 0.342 e. The Morgan fingerprint density at radius 3 is 2.77 bits per heavy atom. The average Bonchev–Trinajstić information content (AvgIpc) is 3.31. The van der Waals surface area contributed by atoms with Crippen LogP contribution in [0.3, 0.4) is 0 Å². The van der Waals surface area contributed by atoms with Crippen molar-refractivity contribution in [2.75, 3.05) is 5.32 Å². The molecule has 3 aromatic rings. The van der Waals surface area contributed by atoms with Gasteiger partial charge in [0.25, 0.3) is 0 Å². The third-order valence-electron chi connectivity index (χ3n) is 4.65. The fourth-order valence-electron chi connectivity index (χ4n) is 3.21. The molecular formula is C20H17F2N3O. The summed E-state index contributed by atoms with van der Waals surface area (Å²) in [6.45, 7) is 1.90. The highest BCUT2D eigenvalue weighted by molar-refractivity contribution is 5.98. The lowest BCUT2D eigenvalue weighted by atomic mass is 10.1. The topological polar surface area (TPSA) is 57.8 Å². The number of aryl methyl sites for hydroxylation is 1. The molecule has 2 aromatic carbocycles. The molecule has 1 fully saturated rings. The van der Waals surface area contributed by atoms with Crippen LogP contribution in [-0.4, -0.2) is 15.9 Å². The van der Waals surface area contributed by atoms with Crippen LogP contribution in [0.1, 0.15) is 23.6 Å². The van der Waals surface area contributed by atoms with Crippen LogP contribution >= 0.6 is 0 Å². The Kier molecular flexibility index (Phi) is 4.03. The van der Waals surface area contributed by atoms with Crippen molar-refractivity contribution in [3.8, 4) is 11.4 Å². The summed E-state index contributed by atoms with van der Waals surface area (Å²) in [7, 11) is 0. The van der Waals surface area contributed by atoms with Gasteiger partial charge in [0, 0.05) is 23.4 Å². The van der Waals surface area contributed by atoms with Gasteiger partial charge in [0.2, 0.25) is 5.91 Å². The molecule has 1 aliphatic rings. The number of hydrogen-bond donors (Lipinski definition) is 2. The molecule has 132 valence electrons. The molecule has 2 atom stereocenters. The quantitative estimate of drug-likeness (QED) is 0.730. The minimum atomic E-state index is -0.882. The Morgan fingerprint density at radius 1 is 1.19 bits per heavy atom. The molecule has 1 heterocycles. The Bertz CT molecular complexity index is 983. The number of halogens is 2. The Hall–Kier alpha value is -3.02. The number of anilines is 1. The maximum atomic E-state index is 13.9. The second-order valence-corrected chi connectivity index (χ2v) is 6.54. The predicted octanol–water partition coefficient (Wildman–Crippen LogP) is 4.41. The van der Waals surface area contributed by atoms with E-state index in [9.17, 15) is 13.6 Å². The molecule has 1 aromatic heterocycles. The fourth-order valence-corrected chi connectivity index (χ4v) is 3.21. The van der Waals surface area contributed by atoms with Gasteiger partial charge in [0.05, 0.1) is 5.69 Å². The van der Waals surface area contributed by atoms with Gasteiger partial charge < -0.3 is 10.3 Å². The zero-order valence-electron chi connectivity index (χ0n) is 14.1. The molecule has 4 nitrogen and oxygen atoms in total. The number of amides is 1. The van der Waals surface area contributed by atoms with Gasteiger partial charge in [0.1, 0.15) is 5.82 Å². The molecule has 6 heteroatoms. The molecular weight excluding hydrogens is 336 g/mol. The number of H-pyrrole nitrogens is 1. The monoisotopic (exact) mass is 353 g/mol. The third-order valence-corrected chi connectivity index (χ3v) is 4.65. The first-order valence-corrected chi connectivity index (χ1v) is 8.40.